The first-order chi connectivity index (χ1) is 15.9. The topological polar surface area (TPSA) is 69.3 Å². The summed E-state index contributed by atoms with van der Waals surface area (Å²) in [7, 11) is 0. The second kappa shape index (κ2) is 10.4. The molecule has 1 aliphatic heterocycles. The van der Waals surface area contributed by atoms with Gasteiger partial charge in [0.15, 0.2) is 0 Å². The van der Waals surface area contributed by atoms with Crippen LogP contribution in [0.15, 0.2) is 48.7 Å². The van der Waals surface area contributed by atoms with Gasteiger partial charge in [0.25, 0.3) is 0 Å². The number of amides is 2. The average molecular weight is 462 g/mol. The van der Waals surface area contributed by atoms with Crippen LogP contribution < -0.4 is 20.9 Å². The SMILES string of the molecule is O=C(Nc1ccccc1)N[C@@H]1CCCC[C@H]1N[C@H]1CCCN(c2ccc(C(F)(F)F)cn2)C1. The second-order valence-electron chi connectivity index (χ2n) is 8.82. The third kappa shape index (κ3) is 6.37. The van der Waals surface area contributed by atoms with E-state index in [1.54, 1.807) is 0 Å². The summed E-state index contributed by atoms with van der Waals surface area (Å²) in [6.07, 6.45) is 2.50. The number of nitrogens with one attached hydrogen (secondary N) is 3. The Labute approximate surface area is 192 Å². The minimum atomic E-state index is -4.38. The van der Waals surface area contributed by atoms with Crippen LogP contribution in [0.3, 0.4) is 0 Å². The summed E-state index contributed by atoms with van der Waals surface area (Å²) in [4.78, 5) is 18.6. The number of nitrogens with zero attached hydrogens (tertiary/aromatic N) is 2. The first-order valence-corrected chi connectivity index (χ1v) is 11.6. The van der Waals surface area contributed by atoms with Gasteiger partial charge in [0.2, 0.25) is 0 Å². The van der Waals surface area contributed by atoms with Gasteiger partial charge in [0, 0.05) is 43.1 Å². The number of urea groups is 1. The minimum Gasteiger partial charge on any atom is -0.355 e. The van der Waals surface area contributed by atoms with E-state index in [9.17, 15) is 18.0 Å². The summed E-state index contributed by atoms with van der Waals surface area (Å²) < 4.78 is 38.5. The summed E-state index contributed by atoms with van der Waals surface area (Å²) in [5.74, 6) is 0.565. The number of piperidine rings is 1. The number of hydrogen-bond acceptors (Lipinski definition) is 4. The van der Waals surface area contributed by atoms with E-state index in [2.05, 4.69) is 20.9 Å². The molecule has 0 unspecified atom stereocenters. The van der Waals surface area contributed by atoms with Crippen LogP contribution in [0.25, 0.3) is 0 Å². The molecule has 6 nitrogen and oxygen atoms in total. The van der Waals surface area contributed by atoms with E-state index in [1.165, 1.54) is 6.07 Å². The Morgan fingerprint density at radius 2 is 1.73 bits per heavy atom. The first-order valence-electron chi connectivity index (χ1n) is 11.6. The van der Waals surface area contributed by atoms with Gasteiger partial charge in [-0.25, -0.2) is 9.78 Å². The molecule has 2 amide bonds. The lowest BCUT2D eigenvalue weighted by Crippen LogP contribution is -2.57. The molecule has 178 valence electrons. The van der Waals surface area contributed by atoms with Crippen molar-refractivity contribution < 1.29 is 18.0 Å². The molecule has 1 aliphatic carbocycles. The van der Waals surface area contributed by atoms with Gasteiger partial charge in [0.1, 0.15) is 5.82 Å². The van der Waals surface area contributed by atoms with Crippen molar-refractivity contribution in [1.29, 1.82) is 0 Å². The third-order valence-electron chi connectivity index (χ3n) is 6.38. The number of benzene rings is 1. The Kier molecular flexibility index (Phi) is 7.37. The number of carbonyl (C=O) groups excluding carboxylic acids is 1. The molecule has 3 N–H and O–H groups in total. The lowest BCUT2D eigenvalue weighted by molar-refractivity contribution is -0.137. The molecule has 1 aromatic carbocycles. The number of para-hydroxylation sites is 1. The zero-order valence-electron chi connectivity index (χ0n) is 18.4. The maximum absolute atomic E-state index is 12.8. The Morgan fingerprint density at radius 3 is 2.42 bits per heavy atom. The van der Waals surface area contributed by atoms with Crippen LogP contribution in [0.5, 0.6) is 0 Å². The highest BCUT2D eigenvalue weighted by molar-refractivity contribution is 5.89. The molecule has 2 aliphatic rings. The number of pyridine rings is 1. The van der Waals surface area contributed by atoms with Crippen molar-refractivity contribution in [3.63, 3.8) is 0 Å². The molecule has 3 atom stereocenters. The zero-order valence-corrected chi connectivity index (χ0v) is 18.4. The maximum Gasteiger partial charge on any atom is 0.417 e. The lowest BCUT2D eigenvalue weighted by atomic mass is 9.89. The van der Waals surface area contributed by atoms with E-state index in [4.69, 9.17) is 0 Å². The van der Waals surface area contributed by atoms with Gasteiger partial charge in [-0.05, 0) is 49.9 Å². The maximum atomic E-state index is 12.8. The third-order valence-corrected chi connectivity index (χ3v) is 6.38. The van der Waals surface area contributed by atoms with E-state index in [0.29, 0.717) is 12.4 Å². The van der Waals surface area contributed by atoms with Crippen molar-refractivity contribution in [2.45, 2.75) is 62.8 Å². The fourth-order valence-corrected chi connectivity index (χ4v) is 4.72. The van der Waals surface area contributed by atoms with E-state index in [-0.39, 0.29) is 24.2 Å². The van der Waals surface area contributed by atoms with Crippen LogP contribution in [0.1, 0.15) is 44.1 Å². The average Bonchev–Trinajstić information content (AvgIpc) is 2.81. The van der Waals surface area contributed by atoms with E-state index >= 15 is 0 Å². The van der Waals surface area contributed by atoms with Crippen molar-refractivity contribution in [3.05, 3.63) is 54.2 Å². The van der Waals surface area contributed by atoms with E-state index < -0.39 is 11.7 Å². The summed E-state index contributed by atoms with van der Waals surface area (Å²) in [6, 6.07) is 12.1. The summed E-state index contributed by atoms with van der Waals surface area (Å²) in [5, 5.41) is 9.73. The predicted octanol–water partition coefficient (Wildman–Crippen LogP) is 4.79. The highest BCUT2D eigenvalue weighted by Gasteiger charge is 2.32. The molecule has 9 heteroatoms. The molecule has 33 heavy (non-hydrogen) atoms. The quantitative estimate of drug-likeness (QED) is 0.599. The smallest absolute Gasteiger partial charge is 0.355 e. The van der Waals surface area contributed by atoms with Crippen molar-refractivity contribution in [2.24, 2.45) is 0 Å². The monoisotopic (exact) mass is 461 g/mol. The molecular weight excluding hydrogens is 431 g/mol. The van der Waals surface area contributed by atoms with Gasteiger partial charge in [-0.1, -0.05) is 31.0 Å². The van der Waals surface area contributed by atoms with E-state index in [0.717, 1.165) is 63.0 Å². The molecule has 0 bridgehead atoms. The largest absolute Gasteiger partial charge is 0.417 e. The fourth-order valence-electron chi connectivity index (χ4n) is 4.72. The number of alkyl halides is 3. The minimum absolute atomic E-state index is 0.0297. The highest BCUT2D eigenvalue weighted by Crippen LogP contribution is 2.30. The zero-order chi connectivity index (χ0) is 23.3. The Hall–Kier alpha value is -2.81. The van der Waals surface area contributed by atoms with Crippen molar-refractivity contribution in [3.8, 4) is 0 Å². The number of hydrogen-bond donors (Lipinski definition) is 3. The molecular formula is C24H30F3N5O. The molecule has 2 aromatic rings. The van der Waals surface area contributed by atoms with Gasteiger partial charge in [-0.3, -0.25) is 0 Å². The van der Waals surface area contributed by atoms with Crippen molar-refractivity contribution in [1.82, 2.24) is 15.6 Å². The summed E-state index contributed by atoms with van der Waals surface area (Å²) >= 11 is 0. The van der Waals surface area contributed by atoms with E-state index in [1.807, 2.05) is 35.2 Å². The highest BCUT2D eigenvalue weighted by atomic mass is 19.4. The predicted molar refractivity (Wildman–Crippen MR) is 122 cm³/mol. The van der Waals surface area contributed by atoms with Crippen LogP contribution in [-0.2, 0) is 6.18 Å². The lowest BCUT2D eigenvalue weighted by Gasteiger charge is -2.40. The van der Waals surface area contributed by atoms with Crippen LogP contribution in [0.4, 0.5) is 29.5 Å². The molecule has 2 heterocycles. The van der Waals surface area contributed by atoms with Crippen molar-refractivity contribution in [2.75, 3.05) is 23.3 Å². The first kappa shape index (κ1) is 23.4. The normalized spacial score (nSPS) is 23.7. The number of anilines is 2. The molecule has 2 fully saturated rings. The molecule has 1 saturated carbocycles. The number of rotatable bonds is 5. The van der Waals surface area contributed by atoms with Crippen LogP contribution in [0.2, 0.25) is 0 Å². The molecule has 1 saturated heterocycles. The van der Waals surface area contributed by atoms with Crippen LogP contribution in [-0.4, -0.2) is 42.2 Å². The molecule has 1 aromatic heterocycles. The second-order valence-corrected chi connectivity index (χ2v) is 8.82. The molecule has 0 radical (unpaired) electrons. The summed E-state index contributed by atoms with van der Waals surface area (Å²) in [5.41, 5.74) is 0.0186. The Morgan fingerprint density at radius 1 is 0.970 bits per heavy atom. The number of carbonyl (C=O) groups is 1. The molecule has 4 rings (SSSR count). The van der Waals surface area contributed by atoms with Gasteiger partial charge in [-0.15, -0.1) is 0 Å². The van der Waals surface area contributed by atoms with Gasteiger partial charge < -0.3 is 20.9 Å². The molecule has 0 spiro atoms. The fraction of sp³-hybridized carbons (Fsp3) is 0.500. The van der Waals surface area contributed by atoms with Crippen LogP contribution >= 0.6 is 0 Å². The Bertz CT molecular complexity index is 907. The number of halogens is 3. The van der Waals surface area contributed by atoms with Gasteiger partial charge in [0.05, 0.1) is 5.56 Å². The van der Waals surface area contributed by atoms with Gasteiger partial charge >= 0.3 is 12.2 Å². The van der Waals surface area contributed by atoms with Crippen LogP contribution in [0, 0.1) is 0 Å². The summed E-state index contributed by atoms with van der Waals surface area (Å²) in [6.45, 7) is 1.44. The van der Waals surface area contributed by atoms with Crippen molar-refractivity contribution >= 4 is 17.5 Å². The standard InChI is InChI=1S/C24H30F3N5O/c25-24(26,27)17-12-13-22(28-15-17)32-14-6-9-19(16-32)29-20-10-4-5-11-21(20)31-23(33)30-18-7-2-1-3-8-18/h1-3,7-8,12-13,15,19-21,29H,4-6,9-11,14,16H2,(H2,30,31,33)/t19-,20+,21+/m0/s1. The Balaban J connectivity index is 1.33. The number of aromatic nitrogens is 1. The van der Waals surface area contributed by atoms with Gasteiger partial charge in [-0.2, -0.15) is 13.2 Å².